The summed E-state index contributed by atoms with van der Waals surface area (Å²) in [5.74, 6) is 0.614. The summed E-state index contributed by atoms with van der Waals surface area (Å²) in [4.78, 5) is 30.2. The summed E-state index contributed by atoms with van der Waals surface area (Å²) in [7, 11) is 1.67. The molecule has 0 saturated carbocycles. The number of nitrogens with zero attached hydrogens (tertiary/aromatic N) is 2. The van der Waals surface area contributed by atoms with E-state index in [-0.39, 0.29) is 24.1 Å². The zero-order valence-electron chi connectivity index (χ0n) is 23.2. The Kier molecular flexibility index (Phi) is 9.98. The fourth-order valence-corrected chi connectivity index (χ4v) is 4.66. The van der Waals surface area contributed by atoms with Crippen LogP contribution in [0.1, 0.15) is 64.2 Å². The second-order valence-corrected chi connectivity index (χ2v) is 10.8. The van der Waals surface area contributed by atoms with Crippen LogP contribution in [0.4, 0.5) is 4.79 Å². The number of likely N-dealkylation sites (tertiary alicyclic amines) is 1. The molecule has 1 atom stereocenters. The van der Waals surface area contributed by atoms with Gasteiger partial charge in [0.25, 0.3) is 5.91 Å². The van der Waals surface area contributed by atoms with Gasteiger partial charge < -0.3 is 24.0 Å². The monoisotopic (exact) mass is 510 g/mol. The number of rotatable bonds is 9. The van der Waals surface area contributed by atoms with Crippen molar-refractivity contribution in [1.82, 2.24) is 9.80 Å². The van der Waals surface area contributed by atoms with Crippen molar-refractivity contribution in [3.05, 3.63) is 54.1 Å². The number of carbonyl (C=O) groups is 2. The molecule has 0 bridgehead atoms. The van der Waals surface area contributed by atoms with E-state index in [0.717, 1.165) is 30.4 Å². The number of methoxy groups -OCH3 is 1. The van der Waals surface area contributed by atoms with Gasteiger partial charge in [0.15, 0.2) is 0 Å². The molecule has 1 fully saturated rings. The van der Waals surface area contributed by atoms with Gasteiger partial charge in [0, 0.05) is 50.4 Å². The van der Waals surface area contributed by atoms with Crippen molar-refractivity contribution in [3.63, 3.8) is 0 Å². The van der Waals surface area contributed by atoms with E-state index in [4.69, 9.17) is 14.2 Å². The molecule has 2 aromatic rings. The Labute approximate surface area is 221 Å². The second-order valence-electron chi connectivity index (χ2n) is 10.8. The minimum Gasteiger partial charge on any atom is -0.493 e. The van der Waals surface area contributed by atoms with Crippen molar-refractivity contribution in [2.75, 3.05) is 33.4 Å². The van der Waals surface area contributed by atoms with Crippen LogP contribution in [0.25, 0.3) is 11.1 Å². The van der Waals surface area contributed by atoms with Gasteiger partial charge in [-0.15, -0.1) is 0 Å². The number of hydrogen-bond donors (Lipinski definition) is 0. The van der Waals surface area contributed by atoms with Crippen LogP contribution in [0, 0.1) is 0 Å². The first kappa shape index (κ1) is 28.5. The number of hydrogen-bond acceptors (Lipinski definition) is 5. The molecule has 7 nitrogen and oxygen atoms in total. The Balaban J connectivity index is 1.85. The highest BCUT2D eigenvalue weighted by molar-refractivity contribution is 5.96. The van der Waals surface area contributed by atoms with Crippen molar-refractivity contribution >= 4 is 12.0 Å². The zero-order chi connectivity index (χ0) is 27.0. The summed E-state index contributed by atoms with van der Waals surface area (Å²) in [6.07, 6.45) is 2.09. The van der Waals surface area contributed by atoms with Crippen LogP contribution >= 0.6 is 0 Å². The maximum absolute atomic E-state index is 13.9. The summed E-state index contributed by atoms with van der Waals surface area (Å²) < 4.78 is 16.9. The molecule has 37 heavy (non-hydrogen) atoms. The average Bonchev–Trinajstić information content (AvgIpc) is 2.86. The molecule has 0 aromatic heterocycles. The summed E-state index contributed by atoms with van der Waals surface area (Å²) in [5.41, 5.74) is 1.99. The number of piperidine rings is 1. The molecule has 7 heteroatoms. The maximum Gasteiger partial charge on any atom is 0.410 e. The SMILES string of the molecule is COCCCOc1cc(C(=O)N(C(C)C)[C@@H]2CCCN(C(=O)OC(C)(C)C)C2)ccc1-c1ccccc1. The molecule has 1 aliphatic rings. The number of ether oxygens (including phenoxy) is 3. The van der Waals surface area contributed by atoms with E-state index >= 15 is 0 Å². The van der Waals surface area contributed by atoms with Crippen LogP contribution in [0.3, 0.4) is 0 Å². The lowest BCUT2D eigenvalue weighted by Crippen LogP contribution is -2.54. The van der Waals surface area contributed by atoms with Gasteiger partial charge in [-0.2, -0.15) is 0 Å². The quantitative estimate of drug-likeness (QED) is 0.386. The van der Waals surface area contributed by atoms with Gasteiger partial charge >= 0.3 is 6.09 Å². The van der Waals surface area contributed by atoms with E-state index in [1.807, 2.05) is 88.0 Å². The first-order chi connectivity index (χ1) is 17.6. The van der Waals surface area contributed by atoms with Crippen molar-refractivity contribution in [1.29, 1.82) is 0 Å². The predicted molar refractivity (Wildman–Crippen MR) is 146 cm³/mol. The minimum atomic E-state index is -0.558. The number of benzene rings is 2. The second kappa shape index (κ2) is 13.0. The van der Waals surface area contributed by atoms with Crippen LogP contribution in [-0.2, 0) is 9.47 Å². The normalized spacial score (nSPS) is 16.0. The van der Waals surface area contributed by atoms with Crippen LogP contribution in [-0.4, -0.2) is 72.9 Å². The lowest BCUT2D eigenvalue weighted by atomic mass is 9.99. The molecular formula is C30H42N2O5. The highest BCUT2D eigenvalue weighted by atomic mass is 16.6. The van der Waals surface area contributed by atoms with Gasteiger partial charge in [-0.05, 0) is 71.2 Å². The molecule has 2 amide bonds. The molecular weight excluding hydrogens is 468 g/mol. The number of carbonyl (C=O) groups excluding carboxylic acids is 2. The Hall–Kier alpha value is -3.06. The predicted octanol–water partition coefficient (Wildman–Crippen LogP) is 6.02. The minimum absolute atomic E-state index is 0.0315. The molecule has 3 rings (SSSR count). The molecule has 202 valence electrons. The number of amides is 2. The van der Waals surface area contributed by atoms with Crippen molar-refractivity contribution in [3.8, 4) is 16.9 Å². The molecule has 1 saturated heterocycles. The molecule has 0 N–H and O–H groups in total. The molecule has 0 aliphatic carbocycles. The highest BCUT2D eigenvalue weighted by Crippen LogP contribution is 2.32. The summed E-state index contributed by atoms with van der Waals surface area (Å²) in [5, 5.41) is 0. The third-order valence-electron chi connectivity index (χ3n) is 6.30. The Morgan fingerprint density at radius 2 is 1.81 bits per heavy atom. The average molecular weight is 511 g/mol. The Morgan fingerprint density at radius 1 is 1.08 bits per heavy atom. The van der Waals surface area contributed by atoms with Crippen LogP contribution < -0.4 is 4.74 Å². The van der Waals surface area contributed by atoms with E-state index in [1.54, 1.807) is 12.0 Å². The van der Waals surface area contributed by atoms with E-state index in [1.165, 1.54) is 0 Å². The first-order valence-corrected chi connectivity index (χ1v) is 13.2. The lowest BCUT2D eigenvalue weighted by Gasteiger charge is -2.41. The first-order valence-electron chi connectivity index (χ1n) is 13.2. The van der Waals surface area contributed by atoms with Gasteiger partial charge in [0.1, 0.15) is 11.4 Å². The van der Waals surface area contributed by atoms with Gasteiger partial charge in [-0.1, -0.05) is 30.3 Å². The topological polar surface area (TPSA) is 68.3 Å². The van der Waals surface area contributed by atoms with Gasteiger partial charge in [0.2, 0.25) is 0 Å². The molecule has 0 spiro atoms. The Bertz CT molecular complexity index is 1030. The van der Waals surface area contributed by atoms with Crippen LogP contribution in [0.5, 0.6) is 5.75 Å². The summed E-state index contributed by atoms with van der Waals surface area (Å²) in [6, 6.07) is 15.6. The zero-order valence-corrected chi connectivity index (χ0v) is 23.2. The highest BCUT2D eigenvalue weighted by Gasteiger charge is 2.34. The lowest BCUT2D eigenvalue weighted by molar-refractivity contribution is 0.00752. The smallest absolute Gasteiger partial charge is 0.410 e. The van der Waals surface area contributed by atoms with Gasteiger partial charge in [0.05, 0.1) is 12.6 Å². The van der Waals surface area contributed by atoms with Gasteiger partial charge in [-0.25, -0.2) is 4.79 Å². The maximum atomic E-state index is 13.9. The van der Waals surface area contributed by atoms with Crippen LogP contribution in [0.2, 0.25) is 0 Å². The van der Waals surface area contributed by atoms with E-state index in [9.17, 15) is 9.59 Å². The van der Waals surface area contributed by atoms with Crippen molar-refractivity contribution in [2.45, 2.75) is 71.6 Å². The fourth-order valence-electron chi connectivity index (χ4n) is 4.66. The standard InChI is InChI=1S/C30H42N2O5/c1-22(2)32(25-14-10-17-31(21-25)29(34)37-30(3,4)5)28(33)24-15-16-26(23-12-8-7-9-13-23)27(20-24)36-19-11-18-35-6/h7-9,12-13,15-16,20,22,25H,10-11,14,17-19,21H2,1-6H3/t25-/m1/s1. The van der Waals surface area contributed by atoms with Crippen molar-refractivity contribution in [2.24, 2.45) is 0 Å². The Morgan fingerprint density at radius 3 is 2.46 bits per heavy atom. The molecule has 2 aromatic carbocycles. The fraction of sp³-hybridized carbons (Fsp3) is 0.533. The van der Waals surface area contributed by atoms with Crippen molar-refractivity contribution < 1.29 is 23.8 Å². The van der Waals surface area contributed by atoms with E-state index in [0.29, 0.717) is 37.6 Å². The molecule has 0 unspecified atom stereocenters. The van der Waals surface area contributed by atoms with Gasteiger partial charge in [-0.3, -0.25) is 4.79 Å². The molecule has 1 heterocycles. The van der Waals surface area contributed by atoms with Crippen LogP contribution in [0.15, 0.2) is 48.5 Å². The molecule has 1 aliphatic heterocycles. The largest absolute Gasteiger partial charge is 0.493 e. The molecule has 0 radical (unpaired) electrons. The third kappa shape index (κ3) is 7.96. The van der Waals surface area contributed by atoms with E-state index < -0.39 is 5.60 Å². The third-order valence-corrected chi connectivity index (χ3v) is 6.30. The van der Waals surface area contributed by atoms with E-state index in [2.05, 4.69) is 0 Å². The summed E-state index contributed by atoms with van der Waals surface area (Å²) >= 11 is 0. The summed E-state index contributed by atoms with van der Waals surface area (Å²) in [6.45, 7) is 11.8.